The molecule has 3 rings (SSSR count). The molecule has 6 heteroatoms. The number of rotatable bonds is 1. The zero-order chi connectivity index (χ0) is 15.4. The van der Waals surface area contributed by atoms with Crippen LogP contribution in [0.15, 0.2) is 21.8 Å². The fraction of sp³-hybridized carbons (Fsp3) is 0.400. The standard InChI is InChI=1S/C15H14BrF2NO2/c1-15-4-2-3-8(15)11(12(16)14(15)19-21)7-5-9(17)13(20)10(18)6-7/h5-6,8,20-21H,2-4H2,1H3/b19-14-. The summed E-state index contributed by atoms with van der Waals surface area (Å²) in [7, 11) is 0. The van der Waals surface area contributed by atoms with E-state index < -0.39 is 17.4 Å². The molecular formula is C15H14BrF2NO2. The monoisotopic (exact) mass is 357 g/mol. The zero-order valence-electron chi connectivity index (χ0n) is 11.3. The third-order valence-electron chi connectivity index (χ3n) is 4.72. The number of fused-ring (bicyclic) bond motifs is 1. The molecule has 1 saturated carbocycles. The number of hydrogen-bond donors (Lipinski definition) is 2. The van der Waals surface area contributed by atoms with Crippen LogP contribution in [0.5, 0.6) is 5.75 Å². The van der Waals surface area contributed by atoms with Gasteiger partial charge in [-0.25, -0.2) is 8.78 Å². The maximum atomic E-state index is 13.6. The van der Waals surface area contributed by atoms with Gasteiger partial charge in [-0.3, -0.25) is 0 Å². The average Bonchev–Trinajstić information content (AvgIpc) is 2.88. The molecule has 0 aromatic heterocycles. The molecule has 1 aromatic rings. The quantitative estimate of drug-likeness (QED) is 0.577. The highest BCUT2D eigenvalue weighted by Crippen LogP contribution is 2.59. The maximum Gasteiger partial charge on any atom is 0.187 e. The summed E-state index contributed by atoms with van der Waals surface area (Å²) >= 11 is 3.41. The molecule has 0 aliphatic heterocycles. The zero-order valence-corrected chi connectivity index (χ0v) is 12.9. The molecule has 2 atom stereocenters. The molecular weight excluding hydrogens is 344 g/mol. The Bertz CT molecular complexity index is 663. The Hall–Kier alpha value is -1.43. The van der Waals surface area contributed by atoms with Gasteiger partial charge in [0.25, 0.3) is 0 Å². The van der Waals surface area contributed by atoms with Gasteiger partial charge in [0.1, 0.15) is 5.71 Å². The van der Waals surface area contributed by atoms with Gasteiger partial charge in [-0.2, -0.15) is 0 Å². The Kier molecular flexibility index (Phi) is 3.31. The molecule has 2 N–H and O–H groups in total. The van der Waals surface area contributed by atoms with Crippen LogP contribution in [0, 0.1) is 23.0 Å². The molecule has 1 aromatic carbocycles. The van der Waals surface area contributed by atoms with E-state index in [-0.39, 0.29) is 11.3 Å². The Morgan fingerprint density at radius 3 is 2.52 bits per heavy atom. The highest BCUT2D eigenvalue weighted by molar-refractivity contribution is 9.12. The molecule has 0 bridgehead atoms. The first-order chi connectivity index (χ1) is 9.90. The number of oxime groups is 1. The summed E-state index contributed by atoms with van der Waals surface area (Å²) in [5.41, 5.74) is 1.30. The fourth-order valence-corrected chi connectivity index (χ4v) is 4.69. The van der Waals surface area contributed by atoms with Gasteiger partial charge < -0.3 is 10.3 Å². The van der Waals surface area contributed by atoms with Gasteiger partial charge in [0.05, 0.1) is 0 Å². The Morgan fingerprint density at radius 2 is 1.95 bits per heavy atom. The molecule has 0 heterocycles. The van der Waals surface area contributed by atoms with Gasteiger partial charge in [-0.05, 0) is 58.0 Å². The lowest BCUT2D eigenvalue weighted by Crippen LogP contribution is -2.26. The largest absolute Gasteiger partial charge is 0.503 e. The van der Waals surface area contributed by atoms with E-state index in [9.17, 15) is 19.1 Å². The third kappa shape index (κ3) is 1.92. The summed E-state index contributed by atoms with van der Waals surface area (Å²) in [4.78, 5) is 0. The SMILES string of the molecule is CC12CCCC1C(c1cc(F)c(O)c(F)c1)=C(Br)/C2=N/O. The number of nitrogens with zero attached hydrogens (tertiary/aromatic N) is 1. The Labute approximate surface area is 129 Å². The van der Waals surface area contributed by atoms with Crippen molar-refractivity contribution in [2.24, 2.45) is 16.5 Å². The lowest BCUT2D eigenvalue weighted by molar-refractivity contribution is 0.304. The van der Waals surface area contributed by atoms with Crippen LogP contribution in [0.4, 0.5) is 8.78 Å². The van der Waals surface area contributed by atoms with E-state index in [1.807, 2.05) is 6.92 Å². The smallest absolute Gasteiger partial charge is 0.187 e. The first kappa shape index (κ1) is 14.5. The van der Waals surface area contributed by atoms with Crippen molar-refractivity contribution in [2.75, 3.05) is 0 Å². The van der Waals surface area contributed by atoms with E-state index in [2.05, 4.69) is 21.1 Å². The molecule has 2 aliphatic rings. The van der Waals surface area contributed by atoms with Gasteiger partial charge in [-0.15, -0.1) is 0 Å². The predicted molar refractivity (Wildman–Crippen MR) is 78.5 cm³/mol. The maximum absolute atomic E-state index is 13.6. The van der Waals surface area contributed by atoms with Crippen molar-refractivity contribution in [2.45, 2.75) is 26.2 Å². The minimum Gasteiger partial charge on any atom is -0.503 e. The van der Waals surface area contributed by atoms with Crippen molar-refractivity contribution in [3.05, 3.63) is 33.8 Å². The average molecular weight is 358 g/mol. The fourth-order valence-electron chi connectivity index (χ4n) is 3.65. The summed E-state index contributed by atoms with van der Waals surface area (Å²) in [5.74, 6) is -2.92. The minimum absolute atomic E-state index is 0.0427. The van der Waals surface area contributed by atoms with Crippen molar-refractivity contribution in [3.63, 3.8) is 0 Å². The van der Waals surface area contributed by atoms with Crippen molar-refractivity contribution < 1.29 is 19.1 Å². The molecule has 0 amide bonds. The normalized spacial score (nSPS) is 30.3. The van der Waals surface area contributed by atoms with E-state index in [0.717, 1.165) is 37.0 Å². The van der Waals surface area contributed by atoms with E-state index in [4.69, 9.17) is 0 Å². The molecule has 21 heavy (non-hydrogen) atoms. The summed E-state index contributed by atoms with van der Waals surface area (Å²) in [5, 5.41) is 21.9. The summed E-state index contributed by atoms with van der Waals surface area (Å²) in [6.45, 7) is 2.00. The summed E-state index contributed by atoms with van der Waals surface area (Å²) in [6.07, 6.45) is 2.69. The third-order valence-corrected chi connectivity index (χ3v) is 5.52. The van der Waals surface area contributed by atoms with Gasteiger partial charge in [0.15, 0.2) is 17.4 Å². The van der Waals surface area contributed by atoms with Gasteiger partial charge in [0, 0.05) is 9.90 Å². The predicted octanol–water partition coefficient (Wildman–Crippen LogP) is 4.43. The van der Waals surface area contributed by atoms with Crippen molar-refractivity contribution >= 4 is 27.2 Å². The van der Waals surface area contributed by atoms with Crippen molar-refractivity contribution in [1.29, 1.82) is 0 Å². The Morgan fingerprint density at radius 1 is 1.33 bits per heavy atom. The van der Waals surface area contributed by atoms with Crippen LogP contribution in [-0.2, 0) is 0 Å². The van der Waals surface area contributed by atoms with Crippen LogP contribution >= 0.6 is 15.9 Å². The second kappa shape index (κ2) is 4.80. The molecule has 3 nitrogen and oxygen atoms in total. The summed E-state index contributed by atoms with van der Waals surface area (Å²) in [6, 6.07) is 2.24. The second-order valence-electron chi connectivity index (χ2n) is 5.83. The van der Waals surface area contributed by atoms with E-state index >= 15 is 0 Å². The van der Waals surface area contributed by atoms with Gasteiger partial charge in [0.2, 0.25) is 0 Å². The second-order valence-corrected chi connectivity index (χ2v) is 6.62. The highest BCUT2D eigenvalue weighted by atomic mass is 79.9. The molecule has 2 aliphatic carbocycles. The number of phenols is 1. The van der Waals surface area contributed by atoms with Crippen LogP contribution in [0.25, 0.3) is 5.57 Å². The number of phenolic OH excluding ortho intramolecular Hbond substituents is 1. The number of aromatic hydroxyl groups is 1. The first-order valence-corrected chi connectivity index (χ1v) is 7.50. The lowest BCUT2D eigenvalue weighted by atomic mass is 9.77. The van der Waals surface area contributed by atoms with E-state index in [0.29, 0.717) is 15.8 Å². The topological polar surface area (TPSA) is 52.8 Å². The van der Waals surface area contributed by atoms with Crippen molar-refractivity contribution in [3.8, 4) is 5.75 Å². The number of allylic oxidation sites excluding steroid dienone is 2. The molecule has 112 valence electrons. The first-order valence-electron chi connectivity index (χ1n) is 6.71. The van der Waals surface area contributed by atoms with Crippen LogP contribution in [-0.4, -0.2) is 16.0 Å². The molecule has 0 spiro atoms. The number of hydrogen-bond acceptors (Lipinski definition) is 3. The molecule has 2 unspecified atom stereocenters. The Balaban J connectivity index is 2.20. The van der Waals surface area contributed by atoms with Crippen LogP contribution in [0.3, 0.4) is 0 Å². The molecule has 0 radical (unpaired) electrons. The van der Waals surface area contributed by atoms with E-state index in [1.54, 1.807) is 0 Å². The minimum atomic E-state index is -0.994. The molecule has 1 fully saturated rings. The van der Waals surface area contributed by atoms with Gasteiger partial charge >= 0.3 is 0 Å². The van der Waals surface area contributed by atoms with Crippen LogP contribution in [0.2, 0.25) is 0 Å². The molecule has 0 saturated heterocycles. The summed E-state index contributed by atoms with van der Waals surface area (Å²) < 4.78 is 27.8. The van der Waals surface area contributed by atoms with Gasteiger partial charge in [-0.1, -0.05) is 18.5 Å². The van der Waals surface area contributed by atoms with E-state index in [1.165, 1.54) is 0 Å². The van der Waals surface area contributed by atoms with Crippen LogP contribution < -0.4 is 0 Å². The van der Waals surface area contributed by atoms with Crippen LogP contribution in [0.1, 0.15) is 31.7 Å². The lowest BCUT2D eigenvalue weighted by Gasteiger charge is -2.25. The number of benzene rings is 1. The van der Waals surface area contributed by atoms with Crippen molar-refractivity contribution in [1.82, 2.24) is 0 Å². The highest BCUT2D eigenvalue weighted by Gasteiger charge is 2.52. The number of halogens is 3.